The molecule has 0 amide bonds. The Kier molecular flexibility index (Phi) is 3.07. The molecule has 1 aliphatic carbocycles. The maximum absolute atomic E-state index is 12.8. The van der Waals surface area contributed by atoms with Gasteiger partial charge in [-0.05, 0) is 30.1 Å². The largest absolute Gasteiger partial charge is 0.364 e. The lowest BCUT2D eigenvalue weighted by molar-refractivity contribution is -0.119. The fraction of sp³-hybridized carbons (Fsp3) is 0.533. The van der Waals surface area contributed by atoms with Crippen molar-refractivity contribution in [1.29, 1.82) is 0 Å². The van der Waals surface area contributed by atoms with Crippen LogP contribution in [-0.4, -0.2) is 42.4 Å². The maximum Gasteiger partial charge on any atom is 0.266 e. The van der Waals surface area contributed by atoms with Gasteiger partial charge in [0.25, 0.3) is 16.0 Å². The second kappa shape index (κ2) is 4.87. The average molecular weight is 321 g/mol. The SMILES string of the molecule is O=S(=O)(c1ccccc1)N1CCN2C1=NOC21CCCCC1. The molecule has 2 aliphatic heterocycles. The van der Waals surface area contributed by atoms with Gasteiger partial charge in [0, 0.05) is 19.4 Å². The predicted octanol–water partition coefficient (Wildman–Crippen LogP) is 1.95. The number of sulfonamides is 1. The van der Waals surface area contributed by atoms with E-state index in [9.17, 15) is 8.42 Å². The summed E-state index contributed by atoms with van der Waals surface area (Å²) in [4.78, 5) is 8.06. The fourth-order valence-electron chi connectivity index (χ4n) is 3.59. The molecule has 3 aliphatic rings. The topological polar surface area (TPSA) is 62.2 Å². The summed E-state index contributed by atoms with van der Waals surface area (Å²) in [5, 5.41) is 4.14. The third kappa shape index (κ3) is 1.91. The molecule has 118 valence electrons. The number of nitrogens with zero attached hydrogens (tertiary/aromatic N) is 3. The molecule has 0 bridgehead atoms. The van der Waals surface area contributed by atoms with Gasteiger partial charge in [-0.3, -0.25) is 4.90 Å². The first-order valence-corrected chi connectivity index (χ1v) is 9.19. The summed E-state index contributed by atoms with van der Waals surface area (Å²) in [5.41, 5.74) is -0.408. The first-order chi connectivity index (χ1) is 10.6. The van der Waals surface area contributed by atoms with Crippen molar-refractivity contribution < 1.29 is 13.3 Å². The van der Waals surface area contributed by atoms with Gasteiger partial charge in [-0.25, -0.2) is 12.7 Å². The second-order valence-corrected chi connectivity index (χ2v) is 7.89. The van der Waals surface area contributed by atoms with Gasteiger partial charge in [0.05, 0.1) is 11.4 Å². The zero-order valence-corrected chi connectivity index (χ0v) is 13.1. The smallest absolute Gasteiger partial charge is 0.266 e. The first-order valence-electron chi connectivity index (χ1n) is 7.75. The molecule has 1 aromatic rings. The number of rotatable bonds is 2. The van der Waals surface area contributed by atoms with E-state index in [4.69, 9.17) is 4.84 Å². The van der Waals surface area contributed by atoms with Gasteiger partial charge < -0.3 is 4.84 Å². The van der Waals surface area contributed by atoms with Crippen molar-refractivity contribution >= 4 is 16.0 Å². The highest BCUT2D eigenvalue weighted by Crippen LogP contribution is 2.41. The molecule has 4 rings (SSSR count). The number of benzene rings is 1. The number of fused-ring (bicyclic) bond motifs is 2. The van der Waals surface area contributed by atoms with Crippen LogP contribution in [0.25, 0.3) is 0 Å². The molecule has 0 aromatic heterocycles. The highest BCUT2D eigenvalue weighted by molar-refractivity contribution is 7.89. The second-order valence-electron chi connectivity index (χ2n) is 6.03. The van der Waals surface area contributed by atoms with E-state index in [0.29, 0.717) is 23.9 Å². The third-order valence-corrected chi connectivity index (χ3v) is 6.54. The van der Waals surface area contributed by atoms with Crippen LogP contribution in [0.2, 0.25) is 0 Å². The average Bonchev–Trinajstić information content (AvgIpc) is 3.12. The van der Waals surface area contributed by atoms with E-state index < -0.39 is 15.7 Å². The van der Waals surface area contributed by atoms with Crippen molar-refractivity contribution in [3.8, 4) is 0 Å². The van der Waals surface area contributed by atoms with Crippen molar-refractivity contribution in [2.24, 2.45) is 5.16 Å². The predicted molar refractivity (Wildman–Crippen MR) is 81.4 cm³/mol. The van der Waals surface area contributed by atoms with Crippen LogP contribution in [0.1, 0.15) is 32.1 Å². The van der Waals surface area contributed by atoms with Crippen LogP contribution in [-0.2, 0) is 14.9 Å². The van der Waals surface area contributed by atoms with Crippen molar-refractivity contribution in [2.75, 3.05) is 13.1 Å². The molecule has 2 heterocycles. The van der Waals surface area contributed by atoms with Gasteiger partial charge in [0.1, 0.15) is 0 Å². The highest BCUT2D eigenvalue weighted by Gasteiger charge is 2.53. The molecule has 2 fully saturated rings. The van der Waals surface area contributed by atoms with E-state index in [-0.39, 0.29) is 0 Å². The fourth-order valence-corrected chi connectivity index (χ4v) is 5.02. The molecule has 7 heteroatoms. The monoisotopic (exact) mass is 321 g/mol. The van der Waals surface area contributed by atoms with E-state index in [2.05, 4.69) is 5.16 Å². The van der Waals surface area contributed by atoms with Crippen LogP contribution in [0, 0.1) is 0 Å². The molecule has 0 atom stereocenters. The molecule has 1 spiro atoms. The maximum atomic E-state index is 12.8. The van der Waals surface area contributed by atoms with Crippen LogP contribution in [0.4, 0.5) is 0 Å². The summed E-state index contributed by atoms with van der Waals surface area (Å²) < 4.78 is 27.0. The van der Waals surface area contributed by atoms with E-state index in [1.807, 2.05) is 11.0 Å². The number of hydrogen-bond donors (Lipinski definition) is 0. The van der Waals surface area contributed by atoms with E-state index in [0.717, 1.165) is 25.7 Å². The zero-order valence-electron chi connectivity index (χ0n) is 12.3. The van der Waals surface area contributed by atoms with Gasteiger partial charge in [-0.1, -0.05) is 24.6 Å². The molecular weight excluding hydrogens is 302 g/mol. The molecule has 1 saturated heterocycles. The van der Waals surface area contributed by atoms with E-state index >= 15 is 0 Å². The molecule has 1 saturated carbocycles. The lowest BCUT2D eigenvalue weighted by atomic mass is 9.91. The summed E-state index contributed by atoms with van der Waals surface area (Å²) in [7, 11) is -3.57. The van der Waals surface area contributed by atoms with E-state index in [1.165, 1.54) is 10.7 Å². The summed E-state index contributed by atoms with van der Waals surface area (Å²) in [6, 6.07) is 8.50. The van der Waals surface area contributed by atoms with Crippen LogP contribution < -0.4 is 0 Å². The standard InChI is InChI=1S/C15H19N3O3S/c19-22(20,13-7-3-1-4-8-13)18-12-11-17-14(18)16-21-15(17)9-5-2-6-10-15/h1,3-4,7-8H,2,5-6,9-12H2. The Morgan fingerprint density at radius 2 is 1.77 bits per heavy atom. The minimum Gasteiger partial charge on any atom is -0.364 e. The van der Waals surface area contributed by atoms with Gasteiger partial charge in [-0.15, -0.1) is 0 Å². The number of hydrogen-bond acceptors (Lipinski definition) is 5. The molecule has 6 nitrogen and oxygen atoms in total. The number of guanidine groups is 1. The van der Waals surface area contributed by atoms with Gasteiger partial charge in [0.15, 0.2) is 0 Å². The van der Waals surface area contributed by atoms with Crippen molar-refractivity contribution in [3.05, 3.63) is 30.3 Å². The lowest BCUT2D eigenvalue weighted by Crippen LogP contribution is -2.49. The minimum atomic E-state index is -3.57. The normalized spacial score (nSPS) is 23.4. The van der Waals surface area contributed by atoms with Crippen LogP contribution in [0.15, 0.2) is 40.4 Å². The van der Waals surface area contributed by atoms with Crippen LogP contribution >= 0.6 is 0 Å². The Bertz CT molecular complexity index is 696. The molecule has 0 N–H and O–H groups in total. The first kappa shape index (κ1) is 13.9. The lowest BCUT2D eigenvalue weighted by Gasteiger charge is -2.37. The molecular formula is C15H19N3O3S. The Morgan fingerprint density at radius 1 is 1.05 bits per heavy atom. The van der Waals surface area contributed by atoms with Crippen molar-refractivity contribution in [3.63, 3.8) is 0 Å². The van der Waals surface area contributed by atoms with Gasteiger partial charge >= 0.3 is 0 Å². The van der Waals surface area contributed by atoms with Crippen molar-refractivity contribution in [1.82, 2.24) is 9.21 Å². The molecule has 1 aromatic carbocycles. The third-order valence-electron chi connectivity index (χ3n) is 4.75. The molecule has 22 heavy (non-hydrogen) atoms. The van der Waals surface area contributed by atoms with Crippen molar-refractivity contribution in [2.45, 2.75) is 42.7 Å². The zero-order chi connectivity index (χ0) is 15.2. The Morgan fingerprint density at radius 3 is 2.50 bits per heavy atom. The Balaban J connectivity index is 1.64. The molecule has 0 unspecified atom stereocenters. The summed E-state index contributed by atoms with van der Waals surface area (Å²) in [6.45, 7) is 1.08. The molecule has 0 radical (unpaired) electrons. The van der Waals surface area contributed by atoms with Crippen LogP contribution in [0.5, 0.6) is 0 Å². The summed E-state index contributed by atoms with van der Waals surface area (Å²) >= 11 is 0. The summed E-state index contributed by atoms with van der Waals surface area (Å²) in [5.74, 6) is 0.450. The van der Waals surface area contributed by atoms with Gasteiger partial charge in [-0.2, -0.15) is 0 Å². The highest BCUT2D eigenvalue weighted by atomic mass is 32.2. The Hall–Kier alpha value is -1.76. The summed E-state index contributed by atoms with van der Waals surface area (Å²) in [6.07, 6.45) is 5.24. The van der Waals surface area contributed by atoms with Crippen LogP contribution in [0.3, 0.4) is 0 Å². The van der Waals surface area contributed by atoms with Gasteiger partial charge in [0.2, 0.25) is 5.72 Å². The minimum absolute atomic E-state index is 0.296. The quantitative estimate of drug-likeness (QED) is 0.835. The van der Waals surface area contributed by atoms with E-state index in [1.54, 1.807) is 24.3 Å². The Labute approximate surface area is 130 Å². The number of oxime groups is 1.